The molecule has 0 aromatic heterocycles. The number of unbranched alkanes of at least 4 members (excludes halogenated alkanes) is 15. The minimum absolute atomic E-state index is 0. The van der Waals surface area contributed by atoms with Gasteiger partial charge in [-0.15, -0.1) is 12.4 Å². The van der Waals surface area contributed by atoms with Crippen LogP contribution < -0.4 is 5.73 Å². The summed E-state index contributed by atoms with van der Waals surface area (Å²) >= 11 is 0. The van der Waals surface area contributed by atoms with E-state index >= 15 is 0 Å². The molecule has 1 unspecified atom stereocenters. The third-order valence-electron chi connectivity index (χ3n) is 6.89. The molecule has 2 N–H and O–H groups in total. The first-order valence-electron chi connectivity index (χ1n) is 13.3. The number of hydrogen-bond acceptors (Lipinski definition) is 4. The van der Waals surface area contributed by atoms with E-state index in [4.69, 9.17) is 19.0 Å². The molecule has 4 nitrogen and oxygen atoms in total. The lowest BCUT2D eigenvalue weighted by Gasteiger charge is -2.35. The lowest BCUT2D eigenvalue weighted by molar-refractivity contribution is 0.111. The summed E-state index contributed by atoms with van der Waals surface area (Å²) in [5, 5.41) is 0. The van der Waals surface area contributed by atoms with Gasteiger partial charge in [0.25, 0.3) is 0 Å². The van der Waals surface area contributed by atoms with Gasteiger partial charge in [-0.05, 0) is 26.2 Å². The highest BCUT2D eigenvalue weighted by Gasteiger charge is 2.43. The Morgan fingerprint density at radius 1 is 0.625 bits per heavy atom. The molecular weight excluding hydrogens is 438 g/mol. The molecule has 1 atom stereocenters. The normalized spacial score (nSPS) is 13.2. The second-order valence-corrected chi connectivity index (χ2v) is 13.1. The number of hydrogen-bond donors (Lipinski definition) is 1. The van der Waals surface area contributed by atoms with Crippen molar-refractivity contribution in [2.75, 3.05) is 21.3 Å². The molecule has 0 aromatic rings. The van der Waals surface area contributed by atoms with Crippen molar-refractivity contribution in [3.8, 4) is 0 Å². The standard InChI is InChI=1S/C26H57NO3Si.ClH/c1-7-8-9-10-11-12-13-14-15-16-17-18-19-20-21-22-23-25(26(2,3)27)24-31(28-4,29-5)30-6;/h25H,7-24,27H2,1-6H3;1H. The van der Waals surface area contributed by atoms with Crippen molar-refractivity contribution in [2.45, 2.75) is 142 Å². The van der Waals surface area contributed by atoms with Gasteiger partial charge < -0.3 is 19.0 Å². The topological polar surface area (TPSA) is 53.7 Å². The Kier molecular flexibility index (Phi) is 23.6. The van der Waals surface area contributed by atoms with Crippen molar-refractivity contribution in [3.63, 3.8) is 0 Å². The molecule has 0 spiro atoms. The summed E-state index contributed by atoms with van der Waals surface area (Å²) in [4.78, 5) is 0. The Balaban J connectivity index is 0. The molecule has 32 heavy (non-hydrogen) atoms. The van der Waals surface area contributed by atoms with E-state index in [0.29, 0.717) is 5.92 Å². The molecule has 0 radical (unpaired) electrons. The van der Waals surface area contributed by atoms with Gasteiger partial charge in [-0.3, -0.25) is 0 Å². The van der Waals surface area contributed by atoms with Crippen LogP contribution in [0.4, 0.5) is 0 Å². The molecule has 0 aliphatic carbocycles. The molecule has 0 aliphatic heterocycles. The van der Waals surface area contributed by atoms with Gasteiger partial charge in [0.05, 0.1) is 0 Å². The Labute approximate surface area is 208 Å². The highest BCUT2D eigenvalue weighted by atomic mass is 35.5. The van der Waals surface area contributed by atoms with Crippen LogP contribution in [0.3, 0.4) is 0 Å². The van der Waals surface area contributed by atoms with Crippen LogP contribution >= 0.6 is 12.4 Å². The average Bonchev–Trinajstić information content (AvgIpc) is 2.75. The molecule has 0 saturated carbocycles. The highest BCUT2D eigenvalue weighted by Crippen LogP contribution is 2.31. The summed E-state index contributed by atoms with van der Waals surface area (Å²) in [5.74, 6) is 0.352. The maximum Gasteiger partial charge on any atom is 0.500 e. The fourth-order valence-electron chi connectivity index (χ4n) is 4.48. The molecule has 0 saturated heterocycles. The second-order valence-electron chi connectivity index (χ2n) is 10.1. The van der Waals surface area contributed by atoms with Gasteiger partial charge in [0.1, 0.15) is 0 Å². The third kappa shape index (κ3) is 17.8. The summed E-state index contributed by atoms with van der Waals surface area (Å²) in [6.07, 6.45) is 23.5. The number of rotatable bonds is 23. The van der Waals surface area contributed by atoms with Crippen molar-refractivity contribution >= 4 is 21.2 Å². The third-order valence-corrected chi connectivity index (χ3v) is 9.75. The first-order chi connectivity index (χ1) is 14.8. The molecular formula is C26H58ClNO3Si. The largest absolute Gasteiger partial charge is 0.500 e. The van der Waals surface area contributed by atoms with Gasteiger partial charge in [-0.25, -0.2) is 0 Å². The molecule has 0 aliphatic rings. The molecule has 0 fully saturated rings. The SMILES string of the molecule is CCCCCCCCCCCCCCCCCCC(C[Si](OC)(OC)OC)C(C)(C)N.Cl. The van der Waals surface area contributed by atoms with Gasteiger partial charge in [0, 0.05) is 32.9 Å². The zero-order valence-corrected chi connectivity index (χ0v) is 24.3. The molecule has 6 heteroatoms. The predicted octanol–water partition coefficient (Wildman–Crippen LogP) is 8.29. The van der Waals surface area contributed by atoms with E-state index in [1.54, 1.807) is 21.3 Å². The van der Waals surface area contributed by atoms with E-state index in [9.17, 15) is 0 Å². The van der Waals surface area contributed by atoms with Crippen molar-refractivity contribution in [2.24, 2.45) is 11.7 Å². The van der Waals surface area contributed by atoms with Crippen molar-refractivity contribution in [1.82, 2.24) is 0 Å². The molecule has 196 valence electrons. The van der Waals surface area contributed by atoms with E-state index in [-0.39, 0.29) is 17.9 Å². The van der Waals surface area contributed by atoms with Gasteiger partial charge in [-0.1, -0.05) is 110 Å². The maximum absolute atomic E-state index is 6.47. The zero-order valence-electron chi connectivity index (χ0n) is 22.5. The number of nitrogens with two attached hydrogens (primary N) is 1. The predicted molar refractivity (Wildman–Crippen MR) is 145 cm³/mol. The quantitative estimate of drug-likeness (QED) is 0.114. The zero-order chi connectivity index (χ0) is 23.4. The number of halogens is 1. The molecule has 0 amide bonds. The van der Waals surface area contributed by atoms with E-state index in [0.717, 1.165) is 12.5 Å². The lowest BCUT2D eigenvalue weighted by Crippen LogP contribution is -2.50. The van der Waals surface area contributed by atoms with Gasteiger partial charge in [-0.2, -0.15) is 0 Å². The van der Waals surface area contributed by atoms with Crippen molar-refractivity contribution < 1.29 is 13.3 Å². The molecule has 0 bridgehead atoms. The second kappa shape index (κ2) is 21.9. The summed E-state index contributed by atoms with van der Waals surface area (Å²) in [7, 11) is 2.49. The minimum atomic E-state index is -2.58. The molecule has 0 aromatic carbocycles. The fourth-order valence-corrected chi connectivity index (χ4v) is 6.81. The minimum Gasteiger partial charge on any atom is -0.377 e. The van der Waals surface area contributed by atoms with Gasteiger partial charge in [0.15, 0.2) is 0 Å². The summed E-state index contributed by atoms with van der Waals surface area (Å²) in [5.41, 5.74) is 6.23. The van der Waals surface area contributed by atoms with E-state index in [1.807, 2.05) is 0 Å². The Bertz CT molecular complexity index is 381. The van der Waals surface area contributed by atoms with E-state index in [1.165, 1.54) is 103 Å². The monoisotopic (exact) mass is 495 g/mol. The van der Waals surface area contributed by atoms with Gasteiger partial charge >= 0.3 is 8.80 Å². The van der Waals surface area contributed by atoms with Gasteiger partial charge in [0.2, 0.25) is 0 Å². The van der Waals surface area contributed by atoms with Crippen molar-refractivity contribution in [3.05, 3.63) is 0 Å². The smallest absolute Gasteiger partial charge is 0.377 e. The highest BCUT2D eigenvalue weighted by molar-refractivity contribution is 6.60. The van der Waals surface area contributed by atoms with Crippen molar-refractivity contribution in [1.29, 1.82) is 0 Å². The Morgan fingerprint density at radius 3 is 1.22 bits per heavy atom. The van der Waals surface area contributed by atoms with Crippen LogP contribution in [0, 0.1) is 5.92 Å². The van der Waals surface area contributed by atoms with E-state index in [2.05, 4.69) is 20.8 Å². The van der Waals surface area contributed by atoms with Crippen LogP contribution in [0.5, 0.6) is 0 Å². The van der Waals surface area contributed by atoms with Crippen LogP contribution in [0.25, 0.3) is 0 Å². The Morgan fingerprint density at radius 2 is 0.938 bits per heavy atom. The summed E-state index contributed by atoms with van der Waals surface area (Å²) in [6.45, 7) is 6.52. The fraction of sp³-hybridized carbons (Fsp3) is 1.00. The van der Waals surface area contributed by atoms with Crippen LogP contribution in [-0.4, -0.2) is 35.7 Å². The van der Waals surface area contributed by atoms with Crippen LogP contribution in [0.1, 0.15) is 130 Å². The molecule has 0 rings (SSSR count). The summed E-state index contributed by atoms with van der Waals surface area (Å²) in [6, 6.07) is 0.790. The first-order valence-corrected chi connectivity index (χ1v) is 15.2. The molecule has 0 heterocycles. The first kappa shape index (κ1) is 34.5. The van der Waals surface area contributed by atoms with Crippen LogP contribution in [0.15, 0.2) is 0 Å². The van der Waals surface area contributed by atoms with Crippen LogP contribution in [-0.2, 0) is 13.3 Å². The lowest BCUT2D eigenvalue weighted by atomic mass is 9.85. The average molecular weight is 496 g/mol. The van der Waals surface area contributed by atoms with Crippen LogP contribution in [0.2, 0.25) is 6.04 Å². The summed E-state index contributed by atoms with van der Waals surface area (Å²) < 4.78 is 16.9. The van der Waals surface area contributed by atoms with E-state index < -0.39 is 8.80 Å². The maximum atomic E-state index is 6.47. The Hall–Kier alpha value is 0.347.